The van der Waals surface area contributed by atoms with Crippen molar-refractivity contribution in [2.45, 2.75) is 6.42 Å². The zero-order valence-corrected chi connectivity index (χ0v) is 10.9. The van der Waals surface area contributed by atoms with E-state index < -0.39 is 0 Å². The molecule has 1 aliphatic heterocycles. The molecule has 1 heterocycles. The molecule has 0 N–H and O–H groups in total. The van der Waals surface area contributed by atoms with Crippen LogP contribution in [0.15, 0.2) is 28.9 Å². The van der Waals surface area contributed by atoms with Crippen LogP contribution in [0, 0.1) is 0 Å². The number of hydrogen-bond donors (Lipinski definition) is 0. The van der Waals surface area contributed by atoms with Crippen molar-refractivity contribution < 1.29 is 19.1 Å². The van der Waals surface area contributed by atoms with Gasteiger partial charge in [0.25, 0.3) is 0 Å². The summed E-state index contributed by atoms with van der Waals surface area (Å²) >= 11 is 0. The molecular formula is C14H15NO4. The second-order valence-electron chi connectivity index (χ2n) is 3.94. The predicted molar refractivity (Wildman–Crippen MR) is 71.2 cm³/mol. The zero-order valence-electron chi connectivity index (χ0n) is 10.9. The highest BCUT2D eigenvalue weighted by Gasteiger charge is 2.17. The lowest BCUT2D eigenvalue weighted by Gasteiger charge is -2.08. The van der Waals surface area contributed by atoms with Crippen LogP contribution in [0.2, 0.25) is 0 Å². The lowest BCUT2D eigenvalue weighted by atomic mass is 10.1. The van der Waals surface area contributed by atoms with Gasteiger partial charge in [-0.3, -0.25) is 0 Å². The number of oxime groups is 1. The SMILES string of the molecule is CON=Cc1cccc2c1OCCC(C(=O)OC)=C2. The molecule has 1 aliphatic rings. The molecule has 0 fully saturated rings. The Morgan fingerprint density at radius 1 is 1.42 bits per heavy atom. The van der Waals surface area contributed by atoms with Gasteiger partial charge in [-0.25, -0.2) is 4.79 Å². The average molecular weight is 261 g/mol. The van der Waals surface area contributed by atoms with E-state index in [0.717, 1.165) is 11.1 Å². The molecule has 0 saturated heterocycles. The Morgan fingerprint density at radius 2 is 2.26 bits per heavy atom. The number of rotatable bonds is 3. The van der Waals surface area contributed by atoms with Crippen molar-refractivity contribution in [3.8, 4) is 5.75 Å². The van der Waals surface area contributed by atoms with Crippen LogP contribution in [0.25, 0.3) is 6.08 Å². The van der Waals surface area contributed by atoms with E-state index >= 15 is 0 Å². The number of carbonyl (C=O) groups excluding carboxylic acids is 1. The monoisotopic (exact) mass is 261 g/mol. The van der Waals surface area contributed by atoms with Gasteiger partial charge in [-0.15, -0.1) is 0 Å². The molecule has 0 amide bonds. The van der Waals surface area contributed by atoms with Crippen molar-refractivity contribution in [3.63, 3.8) is 0 Å². The van der Waals surface area contributed by atoms with Crippen LogP contribution in [0.5, 0.6) is 5.75 Å². The molecule has 0 aliphatic carbocycles. The Balaban J connectivity index is 2.42. The lowest BCUT2D eigenvalue weighted by molar-refractivity contribution is -0.136. The normalized spacial score (nSPS) is 14.1. The molecule has 0 radical (unpaired) electrons. The van der Waals surface area contributed by atoms with Gasteiger partial charge in [0.2, 0.25) is 0 Å². The molecule has 2 rings (SSSR count). The second-order valence-corrected chi connectivity index (χ2v) is 3.94. The zero-order chi connectivity index (χ0) is 13.7. The molecule has 0 aromatic heterocycles. The Morgan fingerprint density at radius 3 is 3.00 bits per heavy atom. The summed E-state index contributed by atoms with van der Waals surface area (Å²) in [5.74, 6) is 0.370. The van der Waals surface area contributed by atoms with Gasteiger partial charge in [0, 0.05) is 23.1 Å². The summed E-state index contributed by atoms with van der Waals surface area (Å²) in [4.78, 5) is 16.3. The van der Waals surface area contributed by atoms with Crippen molar-refractivity contribution in [2.75, 3.05) is 20.8 Å². The molecule has 1 aromatic carbocycles. The first-order chi connectivity index (χ1) is 9.26. The van der Waals surface area contributed by atoms with Crippen molar-refractivity contribution in [1.29, 1.82) is 0 Å². The summed E-state index contributed by atoms with van der Waals surface area (Å²) in [5, 5.41) is 3.73. The molecule has 19 heavy (non-hydrogen) atoms. The number of para-hydroxylation sites is 1. The van der Waals surface area contributed by atoms with Gasteiger partial charge in [-0.05, 0) is 12.1 Å². The van der Waals surface area contributed by atoms with E-state index in [4.69, 9.17) is 9.47 Å². The van der Waals surface area contributed by atoms with E-state index in [1.807, 2.05) is 18.2 Å². The summed E-state index contributed by atoms with van der Waals surface area (Å²) in [6.45, 7) is 0.422. The third-order valence-electron chi connectivity index (χ3n) is 2.77. The van der Waals surface area contributed by atoms with Crippen LogP contribution >= 0.6 is 0 Å². The fourth-order valence-electron chi connectivity index (χ4n) is 1.88. The fourth-order valence-corrected chi connectivity index (χ4v) is 1.88. The molecule has 0 atom stereocenters. The number of nitrogens with zero attached hydrogens (tertiary/aromatic N) is 1. The first-order valence-electron chi connectivity index (χ1n) is 5.87. The van der Waals surface area contributed by atoms with Gasteiger partial charge in [0.15, 0.2) is 0 Å². The predicted octanol–water partition coefficient (Wildman–Crippen LogP) is 2.01. The third-order valence-corrected chi connectivity index (χ3v) is 2.77. The van der Waals surface area contributed by atoms with Crippen LogP contribution in [-0.4, -0.2) is 33.0 Å². The van der Waals surface area contributed by atoms with Gasteiger partial charge in [0.1, 0.15) is 12.9 Å². The summed E-state index contributed by atoms with van der Waals surface area (Å²) in [6, 6.07) is 5.63. The highest BCUT2D eigenvalue weighted by atomic mass is 16.6. The van der Waals surface area contributed by atoms with E-state index in [1.165, 1.54) is 14.2 Å². The van der Waals surface area contributed by atoms with Crippen LogP contribution in [0.3, 0.4) is 0 Å². The van der Waals surface area contributed by atoms with Gasteiger partial charge in [0.05, 0.1) is 19.9 Å². The minimum atomic E-state index is -0.326. The Hall–Kier alpha value is -2.30. The number of esters is 1. The molecule has 0 unspecified atom stereocenters. The van der Waals surface area contributed by atoms with E-state index in [9.17, 15) is 4.79 Å². The molecule has 100 valence electrons. The maximum Gasteiger partial charge on any atom is 0.333 e. The lowest BCUT2D eigenvalue weighted by Crippen LogP contribution is -2.07. The quantitative estimate of drug-likeness (QED) is 0.474. The van der Waals surface area contributed by atoms with Crippen LogP contribution in [0.1, 0.15) is 17.5 Å². The molecule has 1 aromatic rings. The average Bonchev–Trinajstić information content (AvgIpc) is 2.66. The van der Waals surface area contributed by atoms with Crippen LogP contribution in [-0.2, 0) is 14.4 Å². The highest BCUT2D eigenvalue weighted by Crippen LogP contribution is 2.29. The van der Waals surface area contributed by atoms with Gasteiger partial charge in [-0.2, -0.15) is 0 Å². The number of ether oxygens (including phenoxy) is 2. The summed E-state index contributed by atoms with van der Waals surface area (Å²) in [7, 11) is 2.85. The number of benzene rings is 1. The number of hydrogen-bond acceptors (Lipinski definition) is 5. The van der Waals surface area contributed by atoms with E-state index in [1.54, 1.807) is 12.3 Å². The standard InChI is InChI=1S/C14H15NO4/c1-17-14(16)11-6-7-19-13-10(8-11)4-3-5-12(13)9-15-18-2/h3-5,8-9H,6-7H2,1-2H3. The summed E-state index contributed by atoms with van der Waals surface area (Å²) in [6.07, 6.45) is 3.89. The molecule has 5 nitrogen and oxygen atoms in total. The molecule has 0 saturated carbocycles. The van der Waals surface area contributed by atoms with Crippen molar-refractivity contribution >= 4 is 18.3 Å². The summed E-state index contributed by atoms with van der Waals surface area (Å²) < 4.78 is 10.4. The minimum Gasteiger partial charge on any atom is -0.492 e. The molecule has 0 bridgehead atoms. The first-order valence-corrected chi connectivity index (χ1v) is 5.87. The Kier molecular flexibility index (Phi) is 4.18. The Bertz CT molecular complexity index is 534. The molecule has 5 heteroatoms. The highest BCUT2D eigenvalue weighted by molar-refractivity contribution is 5.95. The summed E-state index contributed by atoms with van der Waals surface area (Å²) in [5.41, 5.74) is 2.24. The van der Waals surface area contributed by atoms with E-state index in [-0.39, 0.29) is 5.97 Å². The minimum absolute atomic E-state index is 0.326. The maximum absolute atomic E-state index is 11.6. The third kappa shape index (κ3) is 2.93. The van der Waals surface area contributed by atoms with Crippen molar-refractivity contribution in [3.05, 3.63) is 34.9 Å². The fraction of sp³-hybridized carbons (Fsp3) is 0.286. The van der Waals surface area contributed by atoms with E-state index in [0.29, 0.717) is 24.4 Å². The smallest absolute Gasteiger partial charge is 0.333 e. The van der Waals surface area contributed by atoms with Gasteiger partial charge < -0.3 is 14.3 Å². The number of methoxy groups -OCH3 is 1. The van der Waals surface area contributed by atoms with Crippen LogP contribution < -0.4 is 4.74 Å². The van der Waals surface area contributed by atoms with E-state index in [2.05, 4.69) is 9.99 Å². The van der Waals surface area contributed by atoms with Crippen molar-refractivity contribution in [2.24, 2.45) is 5.16 Å². The Labute approximate surface area is 111 Å². The van der Waals surface area contributed by atoms with Crippen LogP contribution in [0.4, 0.5) is 0 Å². The number of fused-ring (bicyclic) bond motifs is 1. The largest absolute Gasteiger partial charge is 0.492 e. The topological polar surface area (TPSA) is 57.1 Å². The molecule has 0 spiro atoms. The van der Waals surface area contributed by atoms with Gasteiger partial charge >= 0.3 is 5.97 Å². The maximum atomic E-state index is 11.6. The second kappa shape index (κ2) is 6.04. The van der Waals surface area contributed by atoms with Crippen molar-refractivity contribution in [1.82, 2.24) is 0 Å². The molecular weight excluding hydrogens is 246 g/mol. The number of carbonyl (C=O) groups is 1. The first kappa shape index (κ1) is 13.1. The van der Waals surface area contributed by atoms with Gasteiger partial charge in [-0.1, -0.05) is 17.3 Å².